The van der Waals surface area contributed by atoms with Crippen LogP contribution in [0.4, 0.5) is 5.69 Å². The monoisotopic (exact) mass is 260 g/mol. The van der Waals surface area contributed by atoms with Crippen LogP contribution in [-0.4, -0.2) is 13.3 Å². The fraction of sp³-hybridized carbons (Fsp3) is 0.125. The Morgan fingerprint density at radius 1 is 1.50 bits per heavy atom. The molecule has 1 aromatic rings. The molecule has 1 rings (SSSR count). The van der Waals surface area contributed by atoms with Gasteiger partial charge >= 0.3 is 0 Å². The average molecular weight is 261 g/mol. The van der Waals surface area contributed by atoms with Gasteiger partial charge in [-0.2, -0.15) is 5.26 Å². The zero-order chi connectivity index (χ0) is 12.5. The first kappa shape index (κ1) is 12.4. The second kappa shape index (κ2) is 4.08. The minimum absolute atomic E-state index is 0.0843. The minimum Gasteiger partial charge on any atom is -0.258 e. The number of halogens is 1. The van der Waals surface area contributed by atoms with Crippen molar-refractivity contribution in [1.82, 2.24) is 0 Å². The van der Waals surface area contributed by atoms with Crippen molar-refractivity contribution in [2.24, 2.45) is 0 Å². The third kappa shape index (κ3) is 2.29. The highest BCUT2D eigenvalue weighted by molar-refractivity contribution is 8.13. The molecule has 0 aliphatic rings. The number of rotatable bonds is 2. The Labute approximate surface area is 95.6 Å². The molecule has 0 N–H and O–H groups in total. The molecule has 8 heteroatoms. The Morgan fingerprint density at radius 3 is 2.44 bits per heavy atom. The maximum atomic E-state index is 11.1. The van der Waals surface area contributed by atoms with Crippen molar-refractivity contribution >= 4 is 25.4 Å². The van der Waals surface area contributed by atoms with E-state index in [1.807, 2.05) is 0 Å². The van der Waals surface area contributed by atoms with Gasteiger partial charge in [-0.15, -0.1) is 0 Å². The zero-order valence-electron chi connectivity index (χ0n) is 7.97. The molecule has 0 heterocycles. The van der Waals surface area contributed by atoms with E-state index in [0.29, 0.717) is 0 Å². The Kier molecular flexibility index (Phi) is 3.16. The molecule has 16 heavy (non-hydrogen) atoms. The predicted molar refractivity (Wildman–Crippen MR) is 55.6 cm³/mol. The van der Waals surface area contributed by atoms with E-state index in [4.69, 9.17) is 15.9 Å². The third-order valence-corrected chi connectivity index (χ3v) is 3.37. The molecule has 1 aromatic carbocycles. The zero-order valence-corrected chi connectivity index (χ0v) is 9.54. The molecule has 84 valence electrons. The van der Waals surface area contributed by atoms with E-state index in [1.165, 1.54) is 6.92 Å². The number of hydrogen-bond donors (Lipinski definition) is 0. The van der Waals surface area contributed by atoms with E-state index in [0.717, 1.165) is 12.1 Å². The molecule has 0 bridgehead atoms. The highest BCUT2D eigenvalue weighted by Crippen LogP contribution is 2.28. The molecule has 6 nitrogen and oxygen atoms in total. The quantitative estimate of drug-likeness (QED) is 0.457. The summed E-state index contributed by atoms with van der Waals surface area (Å²) in [5.41, 5.74) is -0.659. The highest BCUT2D eigenvalue weighted by Gasteiger charge is 2.23. The standard InChI is InChI=1S/C8H5ClN2O4S/c1-5-7(11(12)13)2-6(4-10)3-8(5)16(9,14)15/h2-3H,1H3. The Balaban J connectivity index is 3.72. The second-order valence-electron chi connectivity index (χ2n) is 2.93. The van der Waals surface area contributed by atoms with E-state index in [2.05, 4.69) is 0 Å². The van der Waals surface area contributed by atoms with Crippen molar-refractivity contribution in [3.05, 3.63) is 33.4 Å². The summed E-state index contributed by atoms with van der Waals surface area (Å²) in [5, 5.41) is 19.2. The van der Waals surface area contributed by atoms with E-state index >= 15 is 0 Å². The third-order valence-electron chi connectivity index (χ3n) is 1.92. The molecule has 0 saturated heterocycles. The van der Waals surface area contributed by atoms with E-state index in [1.54, 1.807) is 6.07 Å². The Bertz CT molecular complexity index is 603. The Morgan fingerprint density at radius 2 is 2.06 bits per heavy atom. The van der Waals surface area contributed by atoms with Gasteiger partial charge in [0.25, 0.3) is 14.7 Å². The largest absolute Gasteiger partial charge is 0.274 e. The number of benzene rings is 1. The van der Waals surface area contributed by atoms with Crippen LogP contribution in [0.15, 0.2) is 17.0 Å². The second-order valence-corrected chi connectivity index (χ2v) is 5.46. The summed E-state index contributed by atoms with van der Waals surface area (Å²) in [7, 11) is 1.00. The van der Waals surface area contributed by atoms with Crippen LogP contribution < -0.4 is 0 Å². The van der Waals surface area contributed by atoms with Crippen molar-refractivity contribution in [2.45, 2.75) is 11.8 Å². The first-order valence-corrected chi connectivity index (χ1v) is 6.22. The molecule has 0 aliphatic heterocycles. The lowest BCUT2D eigenvalue weighted by Crippen LogP contribution is -2.00. The van der Waals surface area contributed by atoms with Gasteiger partial charge in [0.2, 0.25) is 0 Å². The van der Waals surface area contributed by atoms with Crippen molar-refractivity contribution < 1.29 is 13.3 Å². The fourth-order valence-electron chi connectivity index (χ4n) is 1.18. The van der Waals surface area contributed by atoms with Crippen LogP contribution in [0.1, 0.15) is 11.1 Å². The average Bonchev–Trinajstić information content (AvgIpc) is 2.15. The summed E-state index contributed by atoms with van der Waals surface area (Å²) < 4.78 is 22.3. The van der Waals surface area contributed by atoms with Gasteiger partial charge in [-0.05, 0) is 13.0 Å². The predicted octanol–water partition coefficient (Wildman–Crippen LogP) is 1.70. The van der Waals surface area contributed by atoms with Gasteiger partial charge in [0.15, 0.2) is 0 Å². The molecule has 0 aliphatic carbocycles. The molecule has 0 spiro atoms. The van der Waals surface area contributed by atoms with Crippen molar-refractivity contribution in [3.63, 3.8) is 0 Å². The summed E-state index contributed by atoms with van der Waals surface area (Å²) in [5.74, 6) is 0. The lowest BCUT2D eigenvalue weighted by atomic mass is 10.1. The number of nitro benzene ring substituents is 1. The maximum absolute atomic E-state index is 11.1. The molecule has 0 fully saturated rings. The maximum Gasteiger partial charge on any atom is 0.274 e. The first-order valence-electron chi connectivity index (χ1n) is 3.91. The van der Waals surface area contributed by atoms with Crippen molar-refractivity contribution in [2.75, 3.05) is 0 Å². The molecule has 0 radical (unpaired) electrons. The fourth-order valence-corrected chi connectivity index (χ4v) is 2.40. The summed E-state index contributed by atoms with van der Waals surface area (Å²) in [6, 6.07) is 3.64. The van der Waals surface area contributed by atoms with Crippen LogP contribution in [0.25, 0.3) is 0 Å². The number of hydrogen-bond acceptors (Lipinski definition) is 5. The molecule has 0 saturated carbocycles. The minimum atomic E-state index is -4.11. The van der Waals surface area contributed by atoms with Crippen molar-refractivity contribution in [3.8, 4) is 6.07 Å². The molecule has 0 atom stereocenters. The van der Waals surface area contributed by atoms with Crippen LogP contribution >= 0.6 is 10.7 Å². The van der Waals surface area contributed by atoms with Gasteiger partial charge in [-0.25, -0.2) is 8.42 Å². The SMILES string of the molecule is Cc1c([N+](=O)[O-])cc(C#N)cc1S(=O)(=O)Cl. The molecular weight excluding hydrogens is 256 g/mol. The highest BCUT2D eigenvalue weighted by atomic mass is 35.7. The van der Waals surface area contributed by atoms with Gasteiger partial charge in [-0.3, -0.25) is 10.1 Å². The van der Waals surface area contributed by atoms with E-state index < -0.39 is 24.6 Å². The molecule has 0 amide bonds. The molecular formula is C8H5ClN2O4S. The van der Waals surface area contributed by atoms with Crippen LogP contribution in [0.3, 0.4) is 0 Å². The molecule has 0 unspecified atom stereocenters. The van der Waals surface area contributed by atoms with Crippen molar-refractivity contribution in [1.29, 1.82) is 5.26 Å². The topological polar surface area (TPSA) is 101 Å². The Hall–Kier alpha value is -1.65. The summed E-state index contributed by atoms with van der Waals surface area (Å²) in [4.78, 5) is 9.45. The van der Waals surface area contributed by atoms with E-state index in [-0.39, 0.29) is 11.1 Å². The van der Waals surface area contributed by atoms with Gasteiger partial charge in [0, 0.05) is 22.3 Å². The lowest BCUT2D eigenvalue weighted by Gasteiger charge is -2.03. The van der Waals surface area contributed by atoms with Gasteiger partial charge in [-0.1, -0.05) is 0 Å². The number of nitrogens with zero attached hydrogens (tertiary/aromatic N) is 2. The van der Waals surface area contributed by atoms with Crippen LogP contribution in [-0.2, 0) is 9.05 Å². The smallest absolute Gasteiger partial charge is 0.258 e. The van der Waals surface area contributed by atoms with Gasteiger partial charge in [0.05, 0.1) is 21.5 Å². The van der Waals surface area contributed by atoms with Crippen LogP contribution in [0, 0.1) is 28.4 Å². The lowest BCUT2D eigenvalue weighted by molar-refractivity contribution is -0.385. The van der Waals surface area contributed by atoms with E-state index in [9.17, 15) is 18.5 Å². The number of nitro groups is 1. The van der Waals surface area contributed by atoms with Gasteiger partial charge in [0.1, 0.15) is 0 Å². The first-order chi connectivity index (χ1) is 7.27. The van der Waals surface area contributed by atoms with Crippen LogP contribution in [0.5, 0.6) is 0 Å². The summed E-state index contributed by atoms with van der Waals surface area (Å²) in [6.07, 6.45) is 0. The molecule has 0 aromatic heterocycles. The number of nitriles is 1. The van der Waals surface area contributed by atoms with Crippen LogP contribution in [0.2, 0.25) is 0 Å². The van der Waals surface area contributed by atoms with Gasteiger partial charge < -0.3 is 0 Å². The summed E-state index contributed by atoms with van der Waals surface area (Å²) in [6.45, 7) is 1.26. The summed E-state index contributed by atoms with van der Waals surface area (Å²) >= 11 is 0. The normalized spacial score (nSPS) is 10.8.